The van der Waals surface area contributed by atoms with Crippen molar-refractivity contribution < 1.29 is 4.79 Å². The van der Waals surface area contributed by atoms with Crippen LogP contribution in [0.1, 0.15) is 35.4 Å². The van der Waals surface area contributed by atoms with Crippen LogP contribution < -0.4 is 0 Å². The SMILES string of the molecule is O=C(c1cc(Br)c(Br)s1)C1CCCC1. The van der Waals surface area contributed by atoms with E-state index in [0.29, 0.717) is 5.78 Å². The van der Waals surface area contributed by atoms with E-state index in [1.165, 1.54) is 24.2 Å². The predicted octanol–water partition coefficient (Wildman–Crippen LogP) is 4.65. The highest BCUT2D eigenvalue weighted by molar-refractivity contribution is 9.13. The summed E-state index contributed by atoms with van der Waals surface area (Å²) in [6.45, 7) is 0. The van der Waals surface area contributed by atoms with Gasteiger partial charge in [-0.2, -0.15) is 0 Å². The molecule has 1 fully saturated rings. The minimum Gasteiger partial charge on any atom is -0.293 e. The summed E-state index contributed by atoms with van der Waals surface area (Å²) in [5.41, 5.74) is 0. The van der Waals surface area contributed by atoms with Gasteiger partial charge in [0.15, 0.2) is 5.78 Å². The zero-order valence-corrected chi connectivity index (χ0v) is 11.5. The number of hydrogen-bond acceptors (Lipinski definition) is 2. The Morgan fingerprint density at radius 2 is 2.00 bits per heavy atom. The van der Waals surface area contributed by atoms with Gasteiger partial charge in [-0.1, -0.05) is 12.8 Å². The lowest BCUT2D eigenvalue weighted by atomic mass is 10.0. The zero-order chi connectivity index (χ0) is 10.1. The van der Waals surface area contributed by atoms with Gasteiger partial charge in [0.2, 0.25) is 0 Å². The molecular formula is C10H10Br2OS. The van der Waals surface area contributed by atoms with Gasteiger partial charge in [-0.05, 0) is 50.8 Å². The minimum absolute atomic E-state index is 0.285. The lowest BCUT2D eigenvalue weighted by Gasteiger charge is -2.04. The second kappa shape index (κ2) is 4.45. The van der Waals surface area contributed by atoms with Crippen LogP contribution in [0, 0.1) is 5.92 Å². The Balaban J connectivity index is 2.18. The molecule has 1 nitrogen and oxygen atoms in total. The van der Waals surface area contributed by atoms with E-state index in [1.807, 2.05) is 6.07 Å². The summed E-state index contributed by atoms with van der Waals surface area (Å²) in [5.74, 6) is 0.617. The second-order valence-corrected chi connectivity index (χ2v) is 6.80. The Morgan fingerprint density at radius 3 is 2.50 bits per heavy atom. The van der Waals surface area contributed by atoms with Crippen molar-refractivity contribution in [1.82, 2.24) is 0 Å². The van der Waals surface area contributed by atoms with Crippen molar-refractivity contribution >= 4 is 49.0 Å². The lowest BCUT2D eigenvalue weighted by Crippen LogP contribution is -2.08. The van der Waals surface area contributed by atoms with Crippen LogP contribution in [-0.2, 0) is 0 Å². The van der Waals surface area contributed by atoms with Gasteiger partial charge in [0.1, 0.15) is 0 Å². The summed E-state index contributed by atoms with van der Waals surface area (Å²) in [4.78, 5) is 12.9. The molecule has 2 rings (SSSR count). The first-order valence-electron chi connectivity index (χ1n) is 4.67. The normalized spacial score (nSPS) is 17.6. The van der Waals surface area contributed by atoms with E-state index in [0.717, 1.165) is 26.0 Å². The quantitative estimate of drug-likeness (QED) is 0.718. The number of halogens is 2. The van der Waals surface area contributed by atoms with Crippen LogP contribution in [0.2, 0.25) is 0 Å². The molecule has 1 aromatic heterocycles. The topological polar surface area (TPSA) is 17.1 Å². The third-order valence-corrected chi connectivity index (χ3v) is 5.88. The Morgan fingerprint density at radius 1 is 1.36 bits per heavy atom. The summed E-state index contributed by atoms with van der Waals surface area (Å²) in [5, 5.41) is 0. The molecule has 0 bridgehead atoms. The molecule has 1 heterocycles. The molecule has 1 saturated carbocycles. The molecule has 14 heavy (non-hydrogen) atoms. The molecule has 0 aromatic carbocycles. The number of carbonyl (C=O) groups is 1. The van der Waals surface area contributed by atoms with Gasteiger partial charge in [0.25, 0.3) is 0 Å². The average molecular weight is 338 g/mol. The third-order valence-electron chi connectivity index (χ3n) is 2.61. The smallest absolute Gasteiger partial charge is 0.175 e. The standard InChI is InChI=1S/C10H10Br2OS/c11-7-5-8(14-10(7)12)9(13)6-3-1-2-4-6/h5-6H,1-4H2. The first-order chi connectivity index (χ1) is 6.68. The highest BCUT2D eigenvalue weighted by atomic mass is 79.9. The van der Waals surface area contributed by atoms with Crippen LogP contribution in [0.15, 0.2) is 14.3 Å². The maximum Gasteiger partial charge on any atom is 0.175 e. The zero-order valence-electron chi connectivity index (χ0n) is 7.56. The van der Waals surface area contributed by atoms with Crippen LogP contribution in [0.5, 0.6) is 0 Å². The van der Waals surface area contributed by atoms with Crippen molar-refractivity contribution in [2.75, 3.05) is 0 Å². The molecule has 76 valence electrons. The van der Waals surface area contributed by atoms with E-state index < -0.39 is 0 Å². The highest BCUT2D eigenvalue weighted by Gasteiger charge is 2.25. The Hall–Kier alpha value is 0.330. The molecule has 0 saturated heterocycles. The van der Waals surface area contributed by atoms with Crippen LogP contribution in [-0.4, -0.2) is 5.78 Å². The molecule has 0 radical (unpaired) electrons. The Kier molecular flexibility index (Phi) is 3.45. The Bertz CT molecular complexity index is 334. The molecule has 4 heteroatoms. The van der Waals surface area contributed by atoms with Gasteiger partial charge < -0.3 is 0 Å². The fraction of sp³-hybridized carbons (Fsp3) is 0.500. The van der Waals surface area contributed by atoms with Crippen LogP contribution in [0.4, 0.5) is 0 Å². The molecule has 0 spiro atoms. The molecule has 0 N–H and O–H groups in total. The summed E-state index contributed by atoms with van der Waals surface area (Å²) in [7, 11) is 0. The van der Waals surface area contributed by atoms with Gasteiger partial charge in [-0.3, -0.25) is 4.79 Å². The van der Waals surface area contributed by atoms with Gasteiger partial charge in [0, 0.05) is 10.4 Å². The summed E-state index contributed by atoms with van der Waals surface area (Å²) >= 11 is 8.35. The van der Waals surface area contributed by atoms with Crippen molar-refractivity contribution in [3.63, 3.8) is 0 Å². The monoisotopic (exact) mass is 336 g/mol. The van der Waals surface area contributed by atoms with E-state index in [2.05, 4.69) is 31.9 Å². The first kappa shape index (κ1) is 10.8. The highest BCUT2D eigenvalue weighted by Crippen LogP contribution is 2.36. The van der Waals surface area contributed by atoms with Crippen molar-refractivity contribution in [2.24, 2.45) is 5.92 Å². The van der Waals surface area contributed by atoms with Crippen molar-refractivity contribution in [3.8, 4) is 0 Å². The van der Waals surface area contributed by atoms with E-state index in [1.54, 1.807) is 0 Å². The van der Waals surface area contributed by atoms with E-state index in [4.69, 9.17) is 0 Å². The maximum atomic E-state index is 12.0. The van der Waals surface area contributed by atoms with Crippen molar-refractivity contribution in [1.29, 1.82) is 0 Å². The Labute approximate surface area is 104 Å². The van der Waals surface area contributed by atoms with Gasteiger partial charge in [-0.15, -0.1) is 11.3 Å². The van der Waals surface area contributed by atoms with Crippen LogP contribution >= 0.6 is 43.2 Å². The molecule has 0 unspecified atom stereocenters. The molecule has 1 aliphatic rings. The number of carbonyl (C=O) groups excluding carboxylic acids is 1. The lowest BCUT2D eigenvalue weighted by molar-refractivity contribution is 0.0927. The number of rotatable bonds is 2. The third kappa shape index (κ3) is 2.12. The van der Waals surface area contributed by atoms with Gasteiger partial charge in [0.05, 0.1) is 8.66 Å². The molecule has 0 aliphatic heterocycles. The molecule has 0 atom stereocenters. The summed E-state index contributed by atoms with van der Waals surface area (Å²) in [6.07, 6.45) is 4.58. The van der Waals surface area contributed by atoms with Gasteiger partial charge >= 0.3 is 0 Å². The molecule has 1 aliphatic carbocycles. The maximum absolute atomic E-state index is 12.0. The van der Waals surface area contributed by atoms with E-state index in [-0.39, 0.29) is 5.92 Å². The second-order valence-electron chi connectivity index (χ2n) is 3.58. The fourth-order valence-corrected chi connectivity index (χ4v) is 3.91. The summed E-state index contributed by atoms with van der Waals surface area (Å²) in [6, 6.07) is 1.93. The number of Topliss-reactive ketones (excluding diaryl/α,β-unsaturated/α-hetero) is 1. The largest absolute Gasteiger partial charge is 0.293 e. The van der Waals surface area contributed by atoms with Crippen LogP contribution in [0.3, 0.4) is 0 Å². The van der Waals surface area contributed by atoms with Crippen LogP contribution in [0.25, 0.3) is 0 Å². The van der Waals surface area contributed by atoms with Crippen molar-refractivity contribution in [2.45, 2.75) is 25.7 Å². The van der Waals surface area contributed by atoms with E-state index >= 15 is 0 Å². The molecule has 0 amide bonds. The molecular weight excluding hydrogens is 328 g/mol. The fourth-order valence-electron chi connectivity index (χ4n) is 1.86. The van der Waals surface area contributed by atoms with E-state index in [9.17, 15) is 4.79 Å². The average Bonchev–Trinajstić information content (AvgIpc) is 2.76. The molecule has 1 aromatic rings. The number of hydrogen-bond donors (Lipinski definition) is 0. The van der Waals surface area contributed by atoms with Crippen molar-refractivity contribution in [3.05, 3.63) is 19.2 Å². The van der Waals surface area contributed by atoms with Gasteiger partial charge in [-0.25, -0.2) is 0 Å². The minimum atomic E-state index is 0.285. The number of thiophene rings is 1. The summed E-state index contributed by atoms with van der Waals surface area (Å²) < 4.78 is 2.00. The predicted molar refractivity (Wildman–Crippen MR) is 66.0 cm³/mol. The number of ketones is 1. The first-order valence-corrected chi connectivity index (χ1v) is 7.08.